The highest BCUT2D eigenvalue weighted by Crippen LogP contribution is 2.28. The van der Waals surface area contributed by atoms with Gasteiger partial charge in [-0.15, -0.1) is 0 Å². The van der Waals surface area contributed by atoms with Crippen LogP contribution in [0.1, 0.15) is 6.92 Å². The fourth-order valence-electron chi connectivity index (χ4n) is 2.87. The molecule has 1 N–H and O–H groups in total. The van der Waals surface area contributed by atoms with Gasteiger partial charge in [-0.3, -0.25) is 4.72 Å². The van der Waals surface area contributed by atoms with Gasteiger partial charge < -0.3 is 9.80 Å². The molecule has 1 fully saturated rings. The molecule has 0 saturated carbocycles. The van der Waals surface area contributed by atoms with Gasteiger partial charge >= 0.3 is 0 Å². The predicted octanol–water partition coefficient (Wildman–Crippen LogP) is 2.05. The Kier molecular flexibility index (Phi) is 7.87. The fraction of sp³-hybridized carbons (Fsp3) is 0.400. The van der Waals surface area contributed by atoms with Crippen LogP contribution in [0.4, 0.5) is 11.4 Å². The van der Waals surface area contributed by atoms with E-state index in [0.717, 1.165) is 36.2 Å². The van der Waals surface area contributed by atoms with E-state index < -0.39 is 20.0 Å². The molecule has 2 rings (SSSR count). The summed E-state index contributed by atoms with van der Waals surface area (Å²) in [6.45, 7) is 8.33. The van der Waals surface area contributed by atoms with Gasteiger partial charge in [0.05, 0.1) is 21.2 Å². The van der Waals surface area contributed by atoms with Crippen LogP contribution in [-0.4, -0.2) is 73.4 Å². The van der Waals surface area contributed by atoms with Gasteiger partial charge in [0.15, 0.2) is 0 Å². The maximum absolute atomic E-state index is 12.9. The molecule has 1 heterocycles. The van der Waals surface area contributed by atoms with Crippen molar-refractivity contribution in [3.05, 3.63) is 58.9 Å². The first kappa shape index (κ1) is 24.1. The lowest BCUT2D eigenvalue weighted by Crippen LogP contribution is -2.44. The zero-order valence-corrected chi connectivity index (χ0v) is 19.5. The van der Waals surface area contributed by atoms with Crippen LogP contribution in [0, 0.1) is 0 Å². The zero-order chi connectivity index (χ0) is 22.5. The van der Waals surface area contributed by atoms with Gasteiger partial charge in [0.2, 0.25) is 10.0 Å². The standard InChI is InChI=1S/C20H30N4O4S2/c1-6-18(30(27,28)22(3)4)12-11-17(2)29(25,26)21-19-9-7-8-10-20(19)24-15-13-23(5)14-16-24/h6-12,21H,1,13-16H2,2-5H3/b17-11+,18-12+. The van der Waals surface area contributed by atoms with Crippen LogP contribution in [0.5, 0.6) is 0 Å². The second kappa shape index (κ2) is 9.78. The number of nitrogens with one attached hydrogen (secondary N) is 1. The Morgan fingerprint density at radius 3 is 2.23 bits per heavy atom. The Bertz CT molecular complexity index is 1040. The van der Waals surface area contributed by atoms with E-state index in [0.29, 0.717) is 5.69 Å². The Hall–Kier alpha value is -2.14. The van der Waals surface area contributed by atoms with Crippen LogP contribution < -0.4 is 9.62 Å². The number of nitrogens with zero attached hydrogens (tertiary/aromatic N) is 3. The predicted molar refractivity (Wildman–Crippen MR) is 123 cm³/mol. The number of allylic oxidation sites excluding steroid dienone is 4. The molecule has 1 aliphatic rings. The zero-order valence-electron chi connectivity index (χ0n) is 17.9. The molecular weight excluding hydrogens is 424 g/mol. The van der Waals surface area contributed by atoms with Crippen molar-refractivity contribution in [2.75, 3.05) is 56.9 Å². The van der Waals surface area contributed by atoms with Crippen LogP contribution >= 0.6 is 0 Å². The molecule has 0 bridgehead atoms. The number of piperazine rings is 1. The van der Waals surface area contributed by atoms with Crippen LogP contribution in [0.3, 0.4) is 0 Å². The Morgan fingerprint density at radius 1 is 1.07 bits per heavy atom. The maximum Gasteiger partial charge on any atom is 0.257 e. The molecule has 30 heavy (non-hydrogen) atoms. The topological polar surface area (TPSA) is 90.0 Å². The third-order valence-corrected chi connectivity index (χ3v) is 8.21. The average Bonchev–Trinajstić information content (AvgIpc) is 2.69. The fourth-order valence-corrected chi connectivity index (χ4v) is 4.61. The largest absolute Gasteiger partial charge is 0.367 e. The summed E-state index contributed by atoms with van der Waals surface area (Å²) in [6.07, 6.45) is 3.68. The lowest BCUT2D eigenvalue weighted by atomic mass is 10.2. The summed E-state index contributed by atoms with van der Waals surface area (Å²) >= 11 is 0. The van der Waals surface area contributed by atoms with E-state index in [1.54, 1.807) is 12.1 Å². The molecule has 0 spiro atoms. The first-order valence-electron chi connectivity index (χ1n) is 9.48. The van der Waals surface area contributed by atoms with Gasteiger partial charge in [-0.25, -0.2) is 21.1 Å². The van der Waals surface area contributed by atoms with E-state index in [1.807, 2.05) is 12.1 Å². The Morgan fingerprint density at radius 2 is 1.67 bits per heavy atom. The van der Waals surface area contributed by atoms with E-state index in [9.17, 15) is 16.8 Å². The van der Waals surface area contributed by atoms with Crippen LogP contribution in [-0.2, 0) is 20.0 Å². The second-order valence-corrected chi connectivity index (χ2v) is 11.3. The molecule has 1 aliphatic heterocycles. The van der Waals surface area contributed by atoms with Crippen LogP contribution in [0.25, 0.3) is 0 Å². The Balaban J connectivity index is 2.30. The van der Waals surface area contributed by atoms with Crippen molar-refractivity contribution in [2.45, 2.75) is 6.92 Å². The number of anilines is 2. The molecule has 166 valence electrons. The molecule has 1 saturated heterocycles. The molecule has 10 heteroatoms. The van der Waals surface area contributed by atoms with Crippen molar-refractivity contribution < 1.29 is 16.8 Å². The van der Waals surface area contributed by atoms with Crippen molar-refractivity contribution in [3.63, 3.8) is 0 Å². The summed E-state index contributed by atoms with van der Waals surface area (Å²) in [5.41, 5.74) is 1.31. The number of rotatable bonds is 8. The van der Waals surface area contributed by atoms with Gasteiger partial charge in [-0.05, 0) is 44.3 Å². The van der Waals surface area contributed by atoms with E-state index in [2.05, 4.69) is 28.1 Å². The SMILES string of the molecule is C=C/C(=C\C=C(/C)S(=O)(=O)Nc1ccccc1N1CCN(C)CC1)S(=O)(=O)N(C)C. The monoisotopic (exact) mass is 454 g/mol. The van der Waals surface area contributed by atoms with Gasteiger partial charge in [0.25, 0.3) is 10.0 Å². The Labute approximate surface area is 180 Å². The van der Waals surface area contributed by atoms with E-state index >= 15 is 0 Å². The number of para-hydroxylation sites is 2. The summed E-state index contributed by atoms with van der Waals surface area (Å²) in [6, 6.07) is 7.26. The molecule has 0 unspecified atom stereocenters. The summed E-state index contributed by atoms with van der Waals surface area (Å²) in [4.78, 5) is 4.28. The van der Waals surface area contributed by atoms with Crippen LogP contribution in [0.15, 0.2) is 58.9 Å². The highest BCUT2D eigenvalue weighted by Gasteiger charge is 2.21. The minimum Gasteiger partial charge on any atom is -0.367 e. The van der Waals surface area contributed by atoms with Crippen molar-refractivity contribution in [1.82, 2.24) is 9.21 Å². The third-order valence-electron chi connectivity index (χ3n) is 4.88. The summed E-state index contributed by atoms with van der Waals surface area (Å²) in [5.74, 6) is 0. The van der Waals surface area contributed by atoms with Crippen molar-refractivity contribution >= 4 is 31.4 Å². The number of sulfonamides is 2. The van der Waals surface area contributed by atoms with Gasteiger partial charge in [0, 0.05) is 40.3 Å². The molecule has 0 amide bonds. The van der Waals surface area contributed by atoms with Crippen molar-refractivity contribution in [2.24, 2.45) is 0 Å². The van der Waals surface area contributed by atoms with Gasteiger partial charge in [-0.2, -0.15) is 0 Å². The van der Waals surface area contributed by atoms with E-state index in [-0.39, 0.29) is 9.81 Å². The summed E-state index contributed by atoms with van der Waals surface area (Å²) in [7, 11) is -2.72. The van der Waals surface area contributed by atoms with Crippen LogP contribution in [0.2, 0.25) is 0 Å². The molecule has 0 aromatic heterocycles. The molecule has 0 atom stereocenters. The molecule has 8 nitrogen and oxygen atoms in total. The molecule has 1 aromatic carbocycles. The van der Waals surface area contributed by atoms with Crippen molar-refractivity contribution in [3.8, 4) is 0 Å². The highest BCUT2D eigenvalue weighted by atomic mass is 32.2. The van der Waals surface area contributed by atoms with Gasteiger partial charge in [-0.1, -0.05) is 18.7 Å². The number of hydrogen-bond donors (Lipinski definition) is 1. The molecule has 0 aliphatic carbocycles. The highest BCUT2D eigenvalue weighted by molar-refractivity contribution is 7.96. The number of hydrogen-bond acceptors (Lipinski definition) is 6. The smallest absolute Gasteiger partial charge is 0.257 e. The molecule has 0 radical (unpaired) electrons. The van der Waals surface area contributed by atoms with Crippen molar-refractivity contribution in [1.29, 1.82) is 0 Å². The van der Waals surface area contributed by atoms with Gasteiger partial charge in [0.1, 0.15) is 0 Å². The minimum absolute atomic E-state index is 0.0102. The summed E-state index contributed by atoms with van der Waals surface area (Å²) < 4.78 is 53.9. The average molecular weight is 455 g/mol. The molecular formula is C20H30N4O4S2. The quantitative estimate of drug-likeness (QED) is 0.605. The first-order chi connectivity index (χ1) is 14.0. The lowest BCUT2D eigenvalue weighted by Gasteiger charge is -2.35. The number of benzene rings is 1. The normalized spacial score (nSPS) is 17.3. The summed E-state index contributed by atoms with van der Waals surface area (Å²) in [5, 5.41) is 0. The van der Waals surface area contributed by atoms with E-state index in [4.69, 9.17) is 0 Å². The molecule has 1 aromatic rings. The lowest BCUT2D eigenvalue weighted by molar-refractivity contribution is 0.313. The number of likely N-dealkylation sites (N-methyl/N-ethyl adjacent to an activating group) is 1. The van der Waals surface area contributed by atoms with E-state index in [1.165, 1.54) is 39.2 Å². The second-order valence-electron chi connectivity index (χ2n) is 7.25. The maximum atomic E-state index is 12.9. The minimum atomic E-state index is -3.87. The third kappa shape index (κ3) is 5.72. The first-order valence-corrected chi connectivity index (χ1v) is 12.4.